The highest BCUT2D eigenvalue weighted by molar-refractivity contribution is 7.92. The Hall–Kier alpha value is -3.28. The van der Waals surface area contributed by atoms with E-state index < -0.39 is 26.0 Å². The van der Waals surface area contributed by atoms with E-state index in [1.165, 1.54) is 44.4 Å². The lowest BCUT2D eigenvalue weighted by molar-refractivity contribution is -0.385. The summed E-state index contributed by atoms with van der Waals surface area (Å²) in [5.74, 6) is 0.399. The third-order valence-corrected chi connectivity index (χ3v) is 6.73. The molecule has 0 heterocycles. The molecule has 11 heteroatoms. The molecule has 0 saturated heterocycles. The van der Waals surface area contributed by atoms with Crippen LogP contribution in [0.3, 0.4) is 0 Å². The van der Waals surface area contributed by atoms with Gasteiger partial charge in [-0.25, -0.2) is 8.42 Å². The third kappa shape index (κ3) is 4.74. The Labute approximate surface area is 181 Å². The first-order chi connectivity index (χ1) is 14.6. The molecular formula is C20H17N2O7S2-. The predicted octanol–water partition coefficient (Wildman–Crippen LogP) is 3.62. The number of hydrogen-bond acceptors (Lipinski definition) is 7. The minimum atomic E-state index is -4.14. The fraction of sp³-hybridized carbons (Fsp3) is 0.100. The zero-order valence-corrected chi connectivity index (χ0v) is 18.0. The fourth-order valence-corrected chi connectivity index (χ4v) is 4.90. The quantitative estimate of drug-likeness (QED) is 0.322. The summed E-state index contributed by atoms with van der Waals surface area (Å²) in [5.41, 5.74) is 0.665. The van der Waals surface area contributed by atoms with Crippen LogP contribution < -0.4 is 9.46 Å². The van der Waals surface area contributed by atoms with Gasteiger partial charge in [0.15, 0.2) is 0 Å². The number of non-ortho nitro benzene ring substituents is 1. The van der Waals surface area contributed by atoms with Crippen molar-refractivity contribution in [3.8, 4) is 16.9 Å². The summed E-state index contributed by atoms with van der Waals surface area (Å²) in [7, 11) is -2.71. The molecule has 0 spiro atoms. The van der Waals surface area contributed by atoms with Gasteiger partial charge < -0.3 is 9.29 Å². The van der Waals surface area contributed by atoms with Crippen molar-refractivity contribution < 1.29 is 26.8 Å². The summed E-state index contributed by atoms with van der Waals surface area (Å²) >= 11 is -2.56. The second-order valence-corrected chi connectivity index (χ2v) is 9.01. The fourth-order valence-electron chi connectivity index (χ4n) is 3.05. The summed E-state index contributed by atoms with van der Waals surface area (Å²) in [4.78, 5) is 10.2. The highest BCUT2D eigenvalue weighted by Gasteiger charge is 2.22. The Morgan fingerprint density at radius 1 is 1.03 bits per heavy atom. The SMILES string of the molecule is COc1ccc(NS(=O)(=O)c2ccc([N+](=O)[O-])cc2C)c(-c2ccccc2S(=O)[O-])c1. The number of aryl methyl sites for hydroxylation is 1. The van der Waals surface area contributed by atoms with Gasteiger partial charge in [-0.2, -0.15) is 0 Å². The molecule has 3 rings (SSSR count). The van der Waals surface area contributed by atoms with Crippen molar-refractivity contribution in [2.75, 3.05) is 11.8 Å². The van der Waals surface area contributed by atoms with Crippen LogP contribution >= 0.6 is 0 Å². The van der Waals surface area contributed by atoms with Gasteiger partial charge in [0.25, 0.3) is 15.7 Å². The van der Waals surface area contributed by atoms with E-state index in [1.807, 2.05) is 0 Å². The zero-order chi connectivity index (χ0) is 22.8. The molecule has 0 aliphatic carbocycles. The Balaban J connectivity index is 2.13. The van der Waals surface area contributed by atoms with Crippen molar-refractivity contribution in [2.45, 2.75) is 16.7 Å². The molecule has 0 aliphatic heterocycles. The van der Waals surface area contributed by atoms with Gasteiger partial charge in [0.2, 0.25) is 0 Å². The summed E-state index contributed by atoms with van der Waals surface area (Å²) in [6.45, 7) is 1.45. The van der Waals surface area contributed by atoms with Crippen molar-refractivity contribution in [1.29, 1.82) is 0 Å². The zero-order valence-electron chi connectivity index (χ0n) is 16.4. The minimum Gasteiger partial charge on any atom is -0.768 e. The van der Waals surface area contributed by atoms with Crippen LogP contribution in [0.4, 0.5) is 11.4 Å². The summed E-state index contributed by atoms with van der Waals surface area (Å²) in [5, 5.41) is 10.9. The molecule has 0 bridgehead atoms. The molecule has 0 aliphatic rings. The Morgan fingerprint density at radius 3 is 2.35 bits per heavy atom. The maximum absolute atomic E-state index is 13.0. The van der Waals surface area contributed by atoms with Crippen molar-refractivity contribution in [1.82, 2.24) is 0 Å². The molecule has 0 radical (unpaired) electrons. The van der Waals surface area contributed by atoms with E-state index in [0.717, 1.165) is 12.1 Å². The van der Waals surface area contributed by atoms with Crippen LogP contribution in [0.25, 0.3) is 11.1 Å². The van der Waals surface area contributed by atoms with E-state index in [0.29, 0.717) is 11.3 Å². The van der Waals surface area contributed by atoms with Gasteiger partial charge in [0.1, 0.15) is 5.75 Å². The van der Waals surface area contributed by atoms with Gasteiger partial charge in [-0.1, -0.05) is 18.2 Å². The minimum absolute atomic E-state index is 0.0114. The number of hydrogen-bond donors (Lipinski definition) is 1. The molecule has 3 aromatic carbocycles. The summed E-state index contributed by atoms with van der Waals surface area (Å²) in [6.07, 6.45) is 0. The number of benzene rings is 3. The molecule has 31 heavy (non-hydrogen) atoms. The molecule has 0 fully saturated rings. The predicted molar refractivity (Wildman–Crippen MR) is 114 cm³/mol. The first-order valence-corrected chi connectivity index (χ1v) is 11.3. The first kappa shape index (κ1) is 22.4. The van der Waals surface area contributed by atoms with Gasteiger partial charge in [0.05, 0.1) is 22.6 Å². The molecule has 0 aromatic heterocycles. The van der Waals surface area contributed by atoms with E-state index in [9.17, 15) is 27.3 Å². The lowest BCUT2D eigenvalue weighted by Crippen LogP contribution is -2.15. The number of nitro groups is 1. The van der Waals surface area contributed by atoms with E-state index in [1.54, 1.807) is 18.2 Å². The Kier molecular flexibility index (Phi) is 6.39. The largest absolute Gasteiger partial charge is 0.768 e. The van der Waals surface area contributed by atoms with Crippen LogP contribution in [-0.4, -0.2) is 29.2 Å². The average Bonchev–Trinajstić information content (AvgIpc) is 2.73. The molecule has 1 atom stereocenters. The van der Waals surface area contributed by atoms with E-state index in [2.05, 4.69) is 4.72 Å². The Morgan fingerprint density at radius 2 is 1.74 bits per heavy atom. The molecule has 1 N–H and O–H groups in total. The second-order valence-electron chi connectivity index (χ2n) is 6.45. The number of nitrogens with one attached hydrogen (secondary N) is 1. The summed E-state index contributed by atoms with van der Waals surface area (Å²) in [6, 6.07) is 14.1. The molecule has 0 amide bonds. The molecule has 3 aromatic rings. The van der Waals surface area contributed by atoms with Gasteiger partial charge in [-0.3, -0.25) is 19.0 Å². The first-order valence-electron chi connectivity index (χ1n) is 8.78. The number of rotatable bonds is 7. The van der Waals surface area contributed by atoms with Gasteiger partial charge in [0, 0.05) is 22.6 Å². The number of methoxy groups -OCH3 is 1. The molecular weight excluding hydrogens is 444 g/mol. The van der Waals surface area contributed by atoms with Crippen LogP contribution in [0.1, 0.15) is 5.56 Å². The van der Waals surface area contributed by atoms with Crippen molar-refractivity contribution in [3.05, 3.63) is 76.3 Å². The Bertz CT molecular complexity index is 1290. The normalized spacial score (nSPS) is 12.2. The second kappa shape index (κ2) is 8.84. The summed E-state index contributed by atoms with van der Waals surface area (Å²) < 4.78 is 57.1. The van der Waals surface area contributed by atoms with Crippen LogP contribution in [0.15, 0.2) is 70.5 Å². The van der Waals surface area contributed by atoms with Crippen LogP contribution in [0.5, 0.6) is 5.75 Å². The molecule has 0 saturated carbocycles. The highest BCUT2D eigenvalue weighted by Crippen LogP contribution is 2.36. The van der Waals surface area contributed by atoms with E-state index in [-0.39, 0.29) is 32.3 Å². The number of ether oxygens (including phenoxy) is 1. The van der Waals surface area contributed by atoms with E-state index >= 15 is 0 Å². The van der Waals surface area contributed by atoms with Gasteiger partial charge in [-0.15, -0.1) is 0 Å². The van der Waals surface area contributed by atoms with Crippen molar-refractivity contribution in [3.63, 3.8) is 0 Å². The lowest BCUT2D eigenvalue weighted by Gasteiger charge is -2.18. The standard InChI is InChI=1S/C20H18N2O7S2/c1-13-11-14(22(23)24)7-10-20(13)31(27,28)21-18-9-8-15(29-2)12-17(18)16-5-3-4-6-19(16)30(25)26/h3-12,21H,1-2H3,(H,25,26)/p-1. The van der Waals surface area contributed by atoms with Crippen molar-refractivity contribution >= 4 is 32.5 Å². The molecule has 1 unspecified atom stereocenters. The van der Waals surface area contributed by atoms with Crippen LogP contribution in [0, 0.1) is 17.0 Å². The topological polar surface area (TPSA) is 139 Å². The smallest absolute Gasteiger partial charge is 0.269 e. The van der Waals surface area contributed by atoms with Crippen LogP contribution in [-0.2, 0) is 21.1 Å². The third-order valence-electron chi connectivity index (χ3n) is 4.49. The van der Waals surface area contributed by atoms with Gasteiger partial charge in [-0.05, 0) is 59.5 Å². The number of sulfonamides is 1. The monoisotopic (exact) mass is 461 g/mol. The maximum atomic E-state index is 13.0. The molecule has 162 valence electrons. The van der Waals surface area contributed by atoms with Crippen molar-refractivity contribution in [2.24, 2.45) is 0 Å². The van der Waals surface area contributed by atoms with Gasteiger partial charge >= 0.3 is 0 Å². The highest BCUT2D eigenvalue weighted by atomic mass is 32.2. The maximum Gasteiger partial charge on any atom is 0.269 e. The molecule has 9 nitrogen and oxygen atoms in total. The van der Waals surface area contributed by atoms with Crippen LogP contribution in [0.2, 0.25) is 0 Å². The number of anilines is 1. The average molecular weight is 461 g/mol. The number of nitro benzene ring substituents is 1. The van der Waals surface area contributed by atoms with E-state index in [4.69, 9.17) is 4.74 Å². The lowest BCUT2D eigenvalue weighted by atomic mass is 10.0. The number of nitrogens with zero attached hydrogens (tertiary/aromatic N) is 1.